The number of aromatic nitrogens is 5. The van der Waals surface area contributed by atoms with Gasteiger partial charge in [0.05, 0.1) is 32.9 Å². The number of hydrogen-bond acceptors (Lipinski definition) is 3. The molecule has 354 valence electrons. The largest absolute Gasteiger partial charge is 0.277 e. The van der Waals surface area contributed by atoms with Crippen molar-refractivity contribution in [1.82, 2.24) is 24.1 Å². The fourth-order valence-electron chi connectivity index (χ4n) is 13.6. The number of benzene rings is 11. The van der Waals surface area contributed by atoms with E-state index in [4.69, 9.17) is 15.0 Å². The molecule has 0 saturated carbocycles. The molecule has 5 nitrogen and oxygen atoms in total. The van der Waals surface area contributed by atoms with Crippen molar-refractivity contribution in [1.29, 1.82) is 0 Å². The Balaban J connectivity index is 1.05. The maximum Gasteiger partial charge on any atom is 0.240 e. The molecule has 0 N–H and O–H groups in total. The van der Waals surface area contributed by atoms with E-state index in [9.17, 15) is 0 Å². The summed E-state index contributed by atoms with van der Waals surface area (Å²) < 4.78 is 4.65. The van der Waals surface area contributed by atoms with E-state index in [0.717, 1.165) is 49.2 Å². The van der Waals surface area contributed by atoms with Crippen molar-refractivity contribution >= 4 is 43.6 Å². The molecule has 3 heterocycles. The summed E-state index contributed by atoms with van der Waals surface area (Å²) in [5.74, 6) is 1.67. The molecule has 0 bridgehead atoms. The van der Waals surface area contributed by atoms with Crippen molar-refractivity contribution in [2.45, 2.75) is 10.8 Å². The minimum atomic E-state index is -0.599. The van der Waals surface area contributed by atoms with Crippen LogP contribution in [-0.2, 0) is 10.8 Å². The van der Waals surface area contributed by atoms with E-state index in [0.29, 0.717) is 17.7 Å². The maximum absolute atomic E-state index is 5.82. The lowest BCUT2D eigenvalue weighted by Gasteiger charge is -2.33. The minimum Gasteiger partial charge on any atom is -0.277 e. The zero-order valence-corrected chi connectivity index (χ0v) is 41.2. The average Bonchev–Trinajstić information content (AvgIpc) is 4.36. The van der Waals surface area contributed by atoms with Crippen LogP contribution in [0.1, 0.15) is 44.5 Å². The molecular formula is C71H45N5. The van der Waals surface area contributed by atoms with Crippen LogP contribution in [0.3, 0.4) is 0 Å². The molecule has 0 saturated heterocycles. The first kappa shape index (κ1) is 42.5. The summed E-state index contributed by atoms with van der Waals surface area (Å²) in [6, 6.07) is 99.3. The van der Waals surface area contributed by atoms with Crippen molar-refractivity contribution in [2.75, 3.05) is 0 Å². The summed E-state index contributed by atoms with van der Waals surface area (Å²) in [5, 5.41) is 4.52. The maximum atomic E-state index is 5.82. The highest BCUT2D eigenvalue weighted by Crippen LogP contribution is 2.60. The summed E-state index contributed by atoms with van der Waals surface area (Å²) in [6.45, 7) is 0. The van der Waals surface area contributed by atoms with Crippen LogP contribution in [0.25, 0.3) is 89.2 Å². The summed E-state index contributed by atoms with van der Waals surface area (Å²) in [5.41, 5.74) is 18.4. The second-order valence-corrected chi connectivity index (χ2v) is 20.2. The van der Waals surface area contributed by atoms with Gasteiger partial charge in [0.1, 0.15) is 0 Å². The summed E-state index contributed by atoms with van der Waals surface area (Å²) in [4.78, 5) is 17.0. The first-order valence-electron chi connectivity index (χ1n) is 26.1. The molecule has 0 radical (unpaired) electrons. The molecule has 14 aromatic rings. The molecule has 0 spiro atoms. The normalized spacial score (nSPS) is 13.7. The Bertz CT molecular complexity index is 4260. The van der Waals surface area contributed by atoms with Crippen molar-refractivity contribution in [3.63, 3.8) is 0 Å². The van der Waals surface area contributed by atoms with E-state index in [-0.39, 0.29) is 0 Å². The first-order chi connectivity index (χ1) is 37.7. The minimum absolute atomic E-state index is 0.541. The van der Waals surface area contributed by atoms with Gasteiger partial charge in [-0.05, 0) is 67.8 Å². The molecule has 11 aromatic carbocycles. The monoisotopic (exact) mass is 967 g/mol. The van der Waals surface area contributed by atoms with Gasteiger partial charge in [0.15, 0.2) is 5.82 Å². The summed E-state index contributed by atoms with van der Waals surface area (Å²) in [6.07, 6.45) is 0. The zero-order valence-electron chi connectivity index (χ0n) is 41.2. The number of fused-ring (bicyclic) bond motifs is 14. The molecule has 0 aliphatic heterocycles. The van der Waals surface area contributed by atoms with Gasteiger partial charge < -0.3 is 0 Å². The summed E-state index contributed by atoms with van der Waals surface area (Å²) in [7, 11) is 0. The highest BCUT2D eigenvalue weighted by Gasteiger charge is 2.49. The fourth-order valence-corrected chi connectivity index (χ4v) is 13.6. The second kappa shape index (κ2) is 16.3. The van der Waals surface area contributed by atoms with E-state index in [1.165, 1.54) is 66.8 Å². The molecular weight excluding hydrogens is 923 g/mol. The van der Waals surface area contributed by atoms with E-state index in [1.54, 1.807) is 0 Å². The SMILES string of the molecule is c1ccc(-c2nc(-n3c4ccccc4c4ccc5c(c43)-c3ccccc3C5(c3ccccc3)c3ccccc3)nc(-n3c4ccccc4c4ccc5c(c43)-c3ccccc3C5(c3ccccc3)c3ccccc3)n2)cc1. The Hall–Kier alpha value is -9.97. The van der Waals surface area contributed by atoms with Gasteiger partial charge in [0.2, 0.25) is 11.9 Å². The van der Waals surface area contributed by atoms with Crippen LogP contribution in [0, 0.1) is 0 Å². The number of para-hydroxylation sites is 2. The molecule has 16 rings (SSSR count). The van der Waals surface area contributed by atoms with E-state index >= 15 is 0 Å². The van der Waals surface area contributed by atoms with Crippen LogP contribution in [0.4, 0.5) is 0 Å². The fraction of sp³-hybridized carbons (Fsp3) is 0.0282. The third kappa shape index (κ3) is 5.66. The molecule has 0 amide bonds. The predicted molar refractivity (Wildman–Crippen MR) is 309 cm³/mol. The van der Waals surface area contributed by atoms with Crippen molar-refractivity contribution in [3.05, 3.63) is 317 Å². The van der Waals surface area contributed by atoms with Crippen molar-refractivity contribution < 1.29 is 0 Å². The highest BCUT2D eigenvalue weighted by atomic mass is 15.3. The van der Waals surface area contributed by atoms with Gasteiger partial charge in [-0.3, -0.25) is 9.13 Å². The number of hydrogen-bond donors (Lipinski definition) is 0. The molecule has 0 atom stereocenters. The van der Waals surface area contributed by atoms with Crippen LogP contribution in [0.15, 0.2) is 273 Å². The molecule has 0 fully saturated rings. The Morgan fingerprint density at radius 1 is 0.263 bits per heavy atom. The molecule has 0 unspecified atom stereocenters. The Morgan fingerprint density at radius 3 is 1.01 bits per heavy atom. The van der Waals surface area contributed by atoms with E-state index < -0.39 is 10.8 Å². The summed E-state index contributed by atoms with van der Waals surface area (Å²) >= 11 is 0. The Labute approximate surface area is 439 Å². The zero-order chi connectivity index (χ0) is 50.0. The lowest BCUT2D eigenvalue weighted by Crippen LogP contribution is -2.28. The van der Waals surface area contributed by atoms with Gasteiger partial charge in [-0.25, -0.2) is 0 Å². The predicted octanol–water partition coefficient (Wildman–Crippen LogP) is 16.5. The highest BCUT2D eigenvalue weighted by molar-refractivity contribution is 6.17. The third-order valence-electron chi connectivity index (χ3n) is 16.6. The Kier molecular flexibility index (Phi) is 9.10. The first-order valence-corrected chi connectivity index (χ1v) is 26.1. The van der Waals surface area contributed by atoms with E-state index in [1.807, 2.05) is 6.07 Å². The topological polar surface area (TPSA) is 48.5 Å². The average molecular weight is 968 g/mol. The van der Waals surface area contributed by atoms with E-state index in [2.05, 4.69) is 276 Å². The lowest BCUT2D eigenvalue weighted by molar-refractivity contribution is 0.768. The van der Waals surface area contributed by atoms with Crippen molar-refractivity contribution in [2.24, 2.45) is 0 Å². The Morgan fingerprint density at radius 2 is 0.605 bits per heavy atom. The van der Waals surface area contributed by atoms with Gasteiger partial charge in [0.25, 0.3) is 0 Å². The standard InChI is InChI=1S/C71H45N5/c1-6-24-46(25-7-1)67-72-68(75-61-40-22-18-34-51(61)53-42-44-59-63(65(53)75)55-36-16-20-38-57(55)70(59,47-26-8-2-9-27-47)48-28-10-3-11-29-48)74-69(73-67)76-62-41-23-19-35-52(62)54-43-45-60-64(66(54)76)56-37-17-21-39-58(56)71(60,49-30-12-4-13-31-49)50-32-14-5-15-33-50/h1-45H. The molecule has 76 heavy (non-hydrogen) atoms. The van der Waals surface area contributed by atoms with Gasteiger partial charge >= 0.3 is 0 Å². The van der Waals surface area contributed by atoms with Gasteiger partial charge in [-0.2, -0.15) is 15.0 Å². The lowest BCUT2D eigenvalue weighted by atomic mass is 9.67. The van der Waals surface area contributed by atoms with Crippen LogP contribution in [-0.4, -0.2) is 24.1 Å². The van der Waals surface area contributed by atoms with Gasteiger partial charge in [-0.1, -0.05) is 261 Å². The van der Waals surface area contributed by atoms with Gasteiger partial charge in [-0.15, -0.1) is 0 Å². The van der Waals surface area contributed by atoms with Crippen LogP contribution < -0.4 is 0 Å². The quantitative estimate of drug-likeness (QED) is 0.160. The van der Waals surface area contributed by atoms with Gasteiger partial charge in [0, 0.05) is 38.2 Å². The smallest absolute Gasteiger partial charge is 0.240 e. The molecule has 3 aromatic heterocycles. The number of rotatable bonds is 7. The van der Waals surface area contributed by atoms with Crippen molar-refractivity contribution in [3.8, 4) is 45.5 Å². The number of nitrogens with zero attached hydrogens (tertiary/aromatic N) is 5. The molecule has 5 heteroatoms. The van der Waals surface area contributed by atoms with Crippen LogP contribution in [0.2, 0.25) is 0 Å². The molecule has 2 aliphatic carbocycles. The molecule has 2 aliphatic rings. The van der Waals surface area contributed by atoms with Crippen LogP contribution >= 0.6 is 0 Å². The third-order valence-corrected chi connectivity index (χ3v) is 16.6. The van der Waals surface area contributed by atoms with Crippen LogP contribution in [0.5, 0.6) is 0 Å². The second-order valence-electron chi connectivity index (χ2n) is 20.2.